The predicted octanol–water partition coefficient (Wildman–Crippen LogP) is 4.08. The summed E-state index contributed by atoms with van der Waals surface area (Å²) < 4.78 is 1.04. The van der Waals surface area contributed by atoms with Gasteiger partial charge in [0.2, 0.25) is 0 Å². The zero-order valence-electron chi connectivity index (χ0n) is 11.3. The highest BCUT2D eigenvalue weighted by Crippen LogP contribution is 2.25. The second-order valence-electron chi connectivity index (χ2n) is 4.90. The number of benzene rings is 1. The fraction of sp³-hybridized carbons (Fsp3) is 0.500. The lowest BCUT2D eigenvalue weighted by Crippen LogP contribution is -2.40. The molecule has 2 amide bonds. The number of nitrogens with one attached hydrogen (secondary N) is 2. The number of anilines is 1. The minimum atomic E-state index is -0.0922. The first-order valence-corrected chi connectivity index (χ1v) is 8.43. The fourth-order valence-corrected chi connectivity index (χ4v) is 4.08. The topological polar surface area (TPSA) is 41.1 Å². The van der Waals surface area contributed by atoms with E-state index in [-0.39, 0.29) is 6.03 Å². The predicted molar refractivity (Wildman–Crippen MR) is 86.1 cm³/mol. The maximum absolute atomic E-state index is 12.0. The van der Waals surface area contributed by atoms with Crippen LogP contribution in [-0.4, -0.2) is 23.6 Å². The molecule has 0 spiro atoms. The molecule has 0 saturated carbocycles. The number of urea groups is 1. The van der Waals surface area contributed by atoms with E-state index in [1.807, 2.05) is 37.7 Å². The van der Waals surface area contributed by atoms with E-state index in [1.54, 1.807) is 0 Å². The van der Waals surface area contributed by atoms with Crippen molar-refractivity contribution in [1.82, 2.24) is 5.32 Å². The molecule has 1 aliphatic heterocycles. The van der Waals surface area contributed by atoms with E-state index in [9.17, 15) is 4.79 Å². The van der Waals surface area contributed by atoms with Gasteiger partial charge in [0.15, 0.2) is 0 Å². The Bertz CT molecular complexity index is 450. The fourth-order valence-electron chi connectivity index (χ4n) is 2.28. The first-order valence-electron chi connectivity index (χ1n) is 6.48. The van der Waals surface area contributed by atoms with Crippen LogP contribution in [-0.2, 0) is 0 Å². The van der Waals surface area contributed by atoms with Gasteiger partial charge in [-0.15, -0.1) is 0 Å². The summed E-state index contributed by atoms with van der Waals surface area (Å²) >= 11 is 5.42. The molecular weight excluding hydrogens is 324 g/mol. The summed E-state index contributed by atoms with van der Waals surface area (Å²) in [5, 5.41) is 6.04. The molecule has 19 heavy (non-hydrogen) atoms. The van der Waals surface area contributed by atoms with Gasteiger partial charge in [0.1, 0.15) is 0 Å². The summed E-state index contributed by atoms with van der Waals surface area (Å²) in [5.74, 6) is 2.28. The average Bonchev–Trinajstić information content (AvgIpc) is 2.35. The highest BCUT2D eigenvalue weighted by Gasteiger charge is 2.16. The summed E-state index contributed by atoms with van der Waals surface area (Å²) in [6, 6.07) is 4.25. The molecule has 1 aromatic carbocycles. The van der Waals surface area contributed by atoms with Crippen LogP contribution in [0.25, 0.3) is 0 Å². The van der Waals surface area contributed by atoms with Crippen molar-refractivity contribution in [3.8, 4) is 0 Å². The first-order chi connectivity index (χ1) is 9.06. The van der Waals surface area contributed by atoms with Crippen LogP contribution in [0.1, 0.15) is 24.0 Å². The third-order valence-electron chi connectivity index (χ3n) is 3.29. The number of amides is 2. The Hall–Kier alpha value is -0.680. The van der Waals surface area contributed by atoms with Gasteiger partial charge < -0.3 is 10.6 Å². The monoisotopic (exact) mass is 342 g/mol. The van der Waals surface area contributed by atoms with Gasteiger partial charge in [0.25, 0.3) is 0 Å². The lowest BCUT2D eigenvalue weighted by atomic mass is 10.1. The smallest absolute Gasteiger partial charge is 0.319 e. The molecule has 104 valence electrons. The first kappa shape index (κ1) is 14.7. The lowest BCUT2D eigenvalue weighted by Gasteiger charge is -2.23. The quantitative estimate of drug-likeness (QED) is 0.849. The Morgan fingerprint density at radius 2 is 1.84 bits per heavy atom. The second-order valence-corrected chi connectivity index (χ2v) is 7.04. The Kier molecular flexibility index (Phi) is 5.16. The highest BCUT2D eigenvalue weighted by molar-refractivity contribution is 9.10. The number of carbonyl (C=O) groups is 1. The van der Waals surface area contributed by atoms with Gasteiger partial charge in [-0.25, -0.2) is 4.79 Å². The van der Waals surface area contributed by atoms with E-state index in [1.165, 1.54) is 0 Å². The van der Waals surface area contributed by atoms with Gasteiger partial charge in [-0.3, -0.25) is 0 Å². The molecular formula is C14H19BrN2OS. The number of halogens is 1. The van der Waals surface area contributed by atoms with Crippen LogP contribution >= 0.6 is 27.7 Å². The molecule has 5 heteroatoms. The molecule has 0 aliphatic carbocycles. The van der Waals surface area contributed by atoms with E-state index in [0.29, 0.717) is 6.04 Å². The van der Waals surface area contributed by atoms with Gasteiger partial charge in [-0.1, -0.05) is 15.9 Å². The van der Waals surface area contributed by atoms with Gasteiger partial charge in [0, 0.05) is 16.2 Å². The summed E-state index contributed by atoms with van der Waals surface area (Å²) in [4.78, 5) is 12.0. The molecule has 1 aromatic rings. The molecule has 0 radical (unpaired) electrons. The van der Waals surface area contributed by atoms with Crippen molar-refractivity contribution in [2.24, 2.45) is 0 Å². The minimum absolute atomic E-state index is 0.0922. The summed E-state index contributed by atoms with van der Waals surface area (Å²) in [7, 11) is 0. The molecule has 1 heterocycles. The largest absolute Gasteiger partial charge is 0.335 e. The Labute approximate surface area is 127 Å². The maximum Gasteiger partial charge on any atom is 0.319 e. The van der Waals surface area contributed by atoms with Crippen molar-refractivity contribution in [2.75, 3.05) is 16.8 Å². The van der Waals surface area contributed by atoms with Gasteiger partial charge in [0.05, 0.1) is 0 Å². The van der Waals surface area contributed by atoms with Crippen LogP contribution in [0.15, 0.2) is 16.6 Å². The van der Waals surface area contributed by atoms with Crippen LogP contribution in [0.3, 0.4) is 0 Å². The molecule has 2 rings (SSSR count). The summed E-state index contributed by atoms with van der Waals surface area (Å²) in [6.07, 6.45) is 2.13. The van der Waals surface area contributed by atoms with E-state index in [0.717, 1.165) is 45.6 Å². The van der Waals surface area contributed by atoms with E-state index in [2.05, 4.69) is 26.6 Å². The van der Waals surface area contributed by atoms with Gasteiger partial charge in [-0.05, 0) is 61.5 Å². The molecule has 0 aromatic heterocycles. The SMILES string of the molecule is Cc1cc(Br)cc(C)c1NC(=O)NC1CCSCC1. The van der Waals surface area contributed by atoms with Gasteiger partial charge >= 0.3 is 6.03 Å². The van der Waals surface area contributed by atoms with Gasteiger partial charge in [-0.2, -0.15) is 11.8 Å². The molecule has 1 aliphatic rings. The molecule has 2 N–H and O–H groups in total. The lowest BCUT2D eigenvalue weighted by molar-refractivity contribution is 0.247. The number of thioether (sulfide) groups is 1. The number of rotatable bonds is 2. The zero-order valence-corrected chi connectivity index (χ0v) is 13.7. The van der Waals surface area contributed by atoms with Crippen LogP contribution in [0.4, 0.5) is 10.5 Å². The summed E-state index contributed by atoms with van der Waals surface area (Å²) in [6.45, 7) is 4.01. The molecule has 0 bridgehead atoms. The average molecular weight is 343 g/mol. The highest BCUT2D eigenvalue weighted by atomic mass is 79.9. The van der Waals surface area contributed by atoms with E-state index < -0.39 is 0 Å². The van der Waals surface area contributed by atoms with Crippen molar-refractivity contribution >= 4 is 39.4 Å². The van der Waals surface area contributed by atoms with E-state index >= 15 is 0 Å². The van der Waals surface area contributed by atoms with Crippen molar-refractivity contribution in [2.45, 2.75) is 32.7 Å². The molecule has 1 saturated heterocycles. The second kappa shape index (κ2) is 6.66. The third-order valence-corrected chi connectivity index (χ3v) is 4.80. The summed E-state index contributed by atoms with van der Waals surface area (Å²) in [5.41, 5.74) is 3.05. The number of hydrogen-bond acceptors (Lipinski definition) is 2. The molecule has 1 fully saturated rings. The Morgan fingerprint density at radius 1 is 1.26 bits per heavy atom. The number of carbonyl (C=O) groups excluding carboxylic acids is 1. The molecule has 0 unspecified atom stereocenters. The molecule has 3 nitrogen and oxygen atoms in total. The third kappa shape index (κ3) is 4.14. The van der Waals surface area contributed by atoms with Crippen LogP contribution in [0.2, 0.25) is 0 Å². The standard InChI is InChI=1S/C14H19BrN2OS/c1-9-7-11(15)8-10(2)13(9)17-14(18)16-12-3-5-19-6-4-12/h7-8,12H,3-6H2,1-2H3,(H2,16,17,18). The Balaban J connectivity index is 1.98. The number of aryl methyl sites for hydroxylation is 2. The van der Waals surface area contributed by atoms with Crippen molar-refractivity contribution < 1.29 is 4.79 Å². The zero-order chi connectivity index (χ0) is 13.8. The van der Waals surface area contributed by atoms with Crippen molar-refractivity contribution in [3.63, 3.8) is 0 Å². The van der Waals surface area contributed by atoms with Crippen molar-refractivity contribution in [3.05, 3.63) is 27.7 Å². The normalized spacial score (nSPS) is 16.2. The number of hydrogen-bond donors (Lipinski definition) is 2. The van der Waals surface area contributed by atoms with Crippen molar-refractivity contribution in [1.29, 1.82) is 0 Å². The van der Waals surface area contributed by atoms with Crippen LogP contribution in [0, 0.1) is 13.8 Å². The Morgan fingerprint density at radius 3 is 2.42 bits per heavy atom. The molecule has 0 atom stereocenters. The maximum atomic E-state index is 12.0. The van der Waals surface area contributed by atoms with E-state index in [4.69, 9.17) is 0 Å². The van der Waals surface area contributed by atoms with Crippen LogP contribution in [0.5, 0.6) is 0 Å². The minimum Gasteiger partial charge on any atom is -0.335 e. The van der Waals surface area contributed by atoms with Crippen LogP contribution < -0.4 is 10.6 Å².